The molecule has 0 aromatic rings. The number of rotatable bonds is 7. The predicted molar refractivity (Wildman–Crippen MR) is 73.9 cm³/mol. The van der Waals surface area contributed by atoms with E-state index in [0.717, 1.165) is 13.1 Å². The Morgan fingerprint density at radius 2 is 1.67 bits per heavy atom. The van der Waals surface area contributed by atoms with Crippen molar-refractivity contribution >= 4 is 5.97 Å². The molecule has 0 spiro atoms. The van der Waals surface area contributed by atoms with E-state index in [0.29, 0.717) is 12.6 Å². The molecule has 18 heavy (non-hydrogen) atoms. The summed E-state index contributed by atoms with van der Waals surface area (Å²) in [5.41, 5.74) is 0. The van der Waals surface area contributed by atoms with Crippen molar-refractivity contribution in [2.45, 2.75) is 51.0 Å². The number of aliphatic carboxylic acids is 1. The maximum atomic E-state index is 10.8. The molecule has 4 nitrogen and oxygen atoms in total. The lowest BCUT2D eigenvalue weighted by Crippen LogP contribution is -2.40. The molecule has 0 saturated heterocycles. The first-order chi connectivity index (χ1) is 8.59. The third kappa shape index (κ3) is 6.36. The summed E-state index contributed by atoms with van der Waals surface area (Å²) in [6.07, 6.45) is 8.05. The van der Waals surface area contributed by atoms with Crippen molar-refractivity contribution in [3.05, 3.63) is 0 Å². The third-order valence-electron chi connectivity index (χ3n) is 3.79. The van der Waals surface area contributed by atoms with Crippen molar-refractivity contribution < 1.29 is 9.90 Å². The maximum absolute atomic E-state index is 10.8. The van der Waals surface area contributed by atoms with E-state index >= 15 is 0 Å². The molecule has 0 atom stereocenters. The number of carboxylic acid groups (broad SMARTS) is 1. The van der Waals surface area contributed by atoms with E-state index in [2.05, 4.69) is 23.9 Å². The van der Waals surface area contributed by atoms with Crippen LogP contribution in [0.3, 0.4) is 0 Å². The van der Waals surface area contributed by atoms with Crippen LogP contribution in [0.5, 0.6) is 0 Å². The molecule has 0 heterocycles. The van der Waals surface area contributed by atoms with Gasteiger partial charge in [-0.3, -0.25) is 9.69 Å². The van der Waals surface area contributed by atoms with Crippen molar-refractivity contribution in [3.8, 4) is 0 Å². The Morgan fingerprint density at radius 3 is 2.17 bits per heavy atom. The van der Waals surface area contributed by atoms with Gasteiger partial charge >= 0.3 is 5.97 Å². The van der Waals surface area contributed by atoms with Crippen LogP contribution in [0.25, 0.3) is 0 Å². The molecule has 106 valence electrons. The zero-order chi connectivity index (χ0) is 13.4. The second-order valence-corrected chi connectivity index (χ2v) is 5.63. The van der Waals surface area contributed by atoms with Crippen molar-refractivity contribution in [2.75, 3.05) is 33.7 Å². The molecular formula is C14H28N2O2. The van der Waals surface area contributed by atoms with Crippen LogP contribution in [0.2, 0.25) is 0 Å². The smallest absolute Gasteiger partial charge is 0.304 e. The maximum Gasteiger partial charge on any atom is 0.304 e. The van der Waals surface area contributed by atoms with Crippen LogP contribution in [-0.4, -0.2) is 60.6 Å². The number of hydrogen-bond donors (Lipinski definition) is 1. The van der Waals surface area contributed by atoms with E-state index in [9.17, 15) is 4.79 Å². The highest BCUT2D eigenvalue weighted by Gasteiger charge is 2.20. The number of nitrogens with zero attached hydrogens (tertiary/aromatic N) is 2. The minimum Gasteiger partial charge on any atom is -0.481 e. The molecule has 0 unspecified atom stereocenters. The summed E-state index contributed by atoms with van der Waals surface area (Å²) < 4.78 is 0. The highest BCUT2D eigenvalue weighted by atomic mass is 16.4. The van der Waals surface area contributed by atoms with Gasteiger partial charge < -0.3 is 10.0 Å². The molecule has 0 radical (unpaired) electrons. The van der Waals surface area contributed by atoms with E-state index in [-0.39, 0.29) is 6.42 Å². The first kappa shape index (κ1) is 15.4. The van der Waals surface area contributed by atoms with E-state index in [4.69, 9.17) is 5.11 Å². The average Bonchev–Trinajstić information content (AvgIpc) is 2.57. The summed E-state index contributed by atoms with van der Waals surface area (Å²) in [6.45, 7) is 2.70. The lowest BCUT2D eigenvalue weighted by atomic mass is 10.1. The molecule has 1 aliphatic carbocycles. The Labute approximate surface area is 111 Å². The van der Waals surface area contributed by atoms with Gasteiger partial charge in [0.1, 0.15) is 0 Å². The van der Waals surface area contributed by atoms with E-state index < -0.39 is 5.97 Å². The average molecular weight is 256 g/mol. The molecule has 4 heteroatoms. The van der Waals surface area contributed by atoms with Crippen LogP contribution in [0.15, 0.2) is 0 Å². The Morgan fingerprint density at radius 1 is 1.06 bits per heavy atom. The zero-order valence-electron chi connectivity index (χ0n) is 11.9. The second-order valence-electron chi connectivity index (χ2n) is 5.63. The van der Waals surface area contributed by atoms with Gasteiger partial charge in [0.15, 0.2) is 0 Å². The monoisotopic (exact) mass is 256 g/mol. The molecule has 1 aliphatic rings. The molecule has 1 rings (SSSR count). The van der Waals surface area contributed by atoms with Crippen molar-refractivity contribution in [1.29, 1.82) is 0 Å². The van der Waals surface area contributed by atoms with Crippen molar-refractivity contribution in [3.63, 3.8) is 0 Å². The molecule has 1 fully saturated rings. The molecule has 1 saturated carbocycles. The minimum atomic E-state index is -0.682. The minimum absolute atomic E-state index is 0.268. The highest BCUT2D eigenvalue weighted by Crippen LogP contribution is 2.22. The van der Waals surface area contributed by atoms with Gasteiger partial charge in [-0.1, -0.05) is 25.7 Å². The Balaban J connectivity index is 2.47. The fourth-order valence-corrected chi connectivity index (χ4v) is 2.67. The number of carboxylic acids is 1. The molecular weight excluding hydrogens is 228 g/mol. The Kier molecular flexibility index (Phi) is 7.28. The fourth-order valence-electron chi connectivity index (χ4n) is 2.67. The first-order valence-corrected chi connectivity index (χ1v) is 7.20. The lowest BCUT2D eigenvalue weighted by molar-refractivity contribution is -0.137. The largest absolute Gasteiger partial charge is 0.481 e. The predicted octanol–water partition coefficient (Wildman–Crippen LogP) is 2.05. The molecule has 0 amide bonds. The normalized spacial score (nSPS) is 18.2. The van der Waals surface area contributed by atoms with Gasteiger partial charge in [-0.05, 0) is 26.9 Å². The summed E-state index contributed by atoms with van der Waals surface area (Å²) in [5, 5.41) is 8.86. The summed E-state index contributed by atoms with van der Waals surface area (Å²) in [4.78, 5) is 15.3. The Bertz CT molecular complexity index is 236. The van der Waals surface area contributed by atoms with Gasteiger partial charge in [0.05, 0.1) is 6.42 Å². The van der Waals surface area contributed by atoms with Crippen LogP contribution in [0.1, 0.15) is 44.9 Å². The zero-order valence-corrected chi connectivity index (χ0v) is 11.9. The summed E-state index contributed by atoms with van der Waals surface area (Å²) in [6, 6.07) is 0.604. The molecule has 1 N–H and O–H groups in total. The molecule has 0 aromatic heterocycles. The van der Waals surface area contributed by atoms with Crippen molar-refractivity contribution in [2.24, 2.45) is 0 Å². The fraction of sp³-hybridized carbons (Fsp3) is 0.929. The van der Waals surface area contributed by atoms with Crippen LogP contribution in [0, 0.1) is 0 Å². The molecule has 0 aliphatic heterocycles. The second kappa shape index (κ2) is 8.48. The van der Waals surface area contributed by atoms with Crippen molar-refractivity contribution in [1.82, 2.24) is 9.80 Å². The quantitative estimate of drug-likeness (QED) is 0.708. The third-order valence-corrected chi connectivity index (χ3v) is 3.79. The number of carbonyl (C=O) groups is 1. The molecule has 0 bridgehead atoms. The topological polar surface area (TPSA) is 43.8 Å². The number of likely N-dealkylation sites (N-methyl/N-ethyl adjacent to an activating group) is 1. The van der Waals surface area contributed by atoms with Gasteiger partial charge in [-0.2, -0.15) is 0 Å². The van der Waals surface area contributed by atoms with E-state index in [1.54, 1.807) is 0 Å². The van der Waals surface area contributed by atoms with Crippen LogP contribution < -0.4 is 0 Å². The van der Waals surface area contributed by atoms with E-state index in [1.807, 2.05) is 0 Å². The highest BCUT2D eigenvalue weighted by molar-refractivity contribution is 5.66. The number of hydrogen-bond acceptors (Lipinski definition) is 3. The summed E-state index contributed by atoms with van der Waals surface area (Å²) in [7, 11) is 4.14. The standard InChI is InChI=1S/C14H28N2O2/c1-15(2)11-12-16(10-9-14(17)18)13-7-5-3-4-6-8-13/h13H,3-12H2,1-2H3,(H,17,18). The van der Waals surface area contributed by atoms with E-state index in [1.165, 1.54) is 38.5 Å². The van der Waals surface area contributed by atoms with Crippen LogP contribution >= 0.6 is 0 Å². The van der Waals surface area contributed by atoms with Gasteiger partial charge in [0.2, 0.25) is 0 Å². The first-order valence-electron chi connectivity index (χ1n) is 7.20. The molecule has 0 aromatic carbocycles. The summed E-state index contributed by atoms with van der Waals surface area (Å²) >= 11 is 0. The lowest BCUT2D eigenvalue weighted by Gasteiger charge is -2.31. The van der Waals surface area contributed by atoms with Gasteiger partial charge in [0.25, 0.3) is 0 Å². The van der Waals surface area contributed by atoms with Crippen LogP contribution in [0.4, 0.5) is 0 Å². The summed E-state index contributed by atoms with van der Waals surface area (Å²) in [5.74, 6) is -0.682. The van der Waals surface area contributed by atoms with Gasteiger partial charge in [0, 0.05) is 25.7 Å². The SMILES string of the molecule is CN(C)CCN(CCC(=O)O)C1CCCCCC1. The van der Waals surface area contributed by atoms with Gasteiger partial charge in [-0.25, -0.2) is 0 Å². The Hall–Kier alpha value is -0.610. The van der Waals surface area contributed by atoms with Gasteiger partial charge in [-0.15, -0.1) is 0 Å². The van der Waals surface area contributed by atoms with Crippen LogP contribution in [-0.2, 0) is 4.79 Å².